The number of nitrogens with one attached hydrogen (secondary N) is 2. The van der Waals surface area contributed by atoms with Gasteiger partial charge in [-0.25, -0.2) is 0 Å². The first-order valence-corrected chi connectivity index (χ1v) is 14.1. The summed E-state index contributed by atoms with van der Waals surface area (Å²) in [7, 11) is -4.05. The molecule has 0 spiro atoms. The van der Waals surface area contributed by atoms with E-state index in [4.69, 9.17) is 0 Å². The Hall–Kier alpha value is 0.0169. The first-order chi connectivity index (χ1) is 13.5. The van der Waals surface area contributed by atoms with Gasteiger partial charge < -0.3 is 19.7 Å². The molecule has 0 aliphatic carbocycles. The monoisotopic (exact) mass is 418 g/mol. The van der Waals surface area contributed by atoms with Gasteiger partial charge in [-0.3, -0.25) is 5.32 Å². The molecule has 0 amide bonds. The molecule has 170 valence electrons. The van der Waals surface area contributed by atoms with Crippen molar-refractivity contribution in [2.24, 2.45) is 0 Å². The van der Waals surface area contributed by atoms with E-state index in [1.54, 1.807) is 0 Å². The number of rotatable bonds is 22. The van der Waals surface area contributed by atoms with Crippen LogP contribution in [-0.2, 0) is 0 Å². The van der Waals surface area contributed by atoms with Crippen molar-refractivity contribution in [3.8, 4) is 0 Å². The summed E-state index contributed by atoms with van der Waals surface area (Å²) in [6.07, 6.45) is 22.5. The van der Waals surface area contributed by atoms with Crippen molar-refractivity contribution in [2.75, 3.05) is 13.2 Å². The summed E-state index contributed by atoms with van der Waals surface area (Å²) in [5.74, 6) is 0. The highest BCUT2D eigenvalue weighted by Gasteiger charge is 2.37. The van der Waals surface area contributed by atoms with E-state index in [-0.39, 0.29) is 0 Å². The zero-order chi connectivity index (χ0) is 20.9. The third kappa shape index (κ3) is 19.3. The largest absolute Gasteiger partial charge is 0.510 e. The first-order valence-electron chi connectivity index (χ1n) is 12.1. The maximum atomic E-state index is 9.29. The molecule has 0 radical (unpaired) electrons. The molecule has 0 fully saturated rings. The minimum absolute atomic E-state index is 0.508. The third-order valence-corrected chi connectivity index (χ3v) is 7.10. The zero-order valence-electron chi connectivity index (χ0n) is 18.9. The van der Waals surface area contributed by atoms with Crippen LogP contribution in [0.15, 0.2) is 0 Å². The average molecular weight is 419 g/mol. The molecule has 0 saturated heterocycles. The second-order valence-electron chi connectivity index (χ2n) is 8.33. The van der Waals surface area contributed by atoms with E-state index in [0.29, 0.717) is 13.1 Å². The van der Waals surface area contributed by atoms with Crippen LogP contribution < -0.4 is 10.6 Å². The molecule has 0 aromatic heterocycles. The van der Waals surface area contributed by atoms with Crippen LogP contribution in [0.1, 0.15) is 123 Å². The number of hydrogen-bond acceptors (Lipinski definition) is 5. The molecule has 0 bridgehead atoms. The molecular formula is C22H50N2O3Si. The van der Waals surface area contributed by atoms with E-state index < -0.39 is 14.5 Å². The molecule has 1 unspecified atom stereocenters. The molecular weight excluding hydrogens is 368 g/mol. The minimum atomic E-state index is -4.05. The molecule has 0 aromatic carbocycles. The Morgan fingerprint density at radius 3 is 1.36 bits per heavy atom. The van der Waals surface area contributed by atoms with Gasteiger partial charge in [-0.15, -0.1) is 0 Å². The van der Waals surface area contributed by atoms with Crippen molar-refractivity contribution in [2.45, 2.75) is 129 Å². The highest BCUT2D eigenvalue weighted by atomic mass is 28.4. The van der Waals surface area contributed by atoms with Crippen molar-refractivity contribution in [1.29, 1.82) is 0 Å². The fraction of sp³-hybridized carbons (Fsp3) is 1.00. The van der Waals surface area contributed by atoms with Gasteiger partial charge >= 0.3 is 8.80 Å². The van der Waals surface area contributed by atoms with Gasteiger partial charge in [0.25, 0.3) is 0 Å². The van der Waals surface area contributed by atoms with Crippen molar-refractivity contribution in [1.82, 2.24) is 10.6 Å². The third-order valence-electron chi connectivity index (χ3n) is 5.56. The van der Waals surface area contributed by atoms with Crippen LogP contribution in [0.2, 0.25) is 0 Å². The van der Waals surface area contributed by atoms with Crippen LogP contribution in [0, 0.1) is 0 Å². The molecule has 0 aliphatic rings. The van der Waals surface area contributed by atoms with Gasteiger partial charge in [-0.2, -0.15) is 0 Å². The zero-order valence-corrected chi connectivity index (χ0v) is 19.9. The number of hydrogen-bond donors (Lipinski definition) is 5. The molecule has 0 saturated carbocycles. The lowest BCUT2D eigenvalue weighted by Crippen LogP contribution is -2.57. The van der Waals surface area contributed by atoms with Gasteiger partial charge in [0.2, 0.25) is 0 Å². The minimum Gasteiger partial charge on any atom is -0.389 e. The smallest absolute Gasteiger partial charge is 0.389 e. The van der Waals surface area contributed by atoms with Crippen molar-refractivity contribution in [3.63, 3.8) is 0 Å². The van der Waals surface area contributed by atoms with Gasteiger partial charge in [0.05, 0.1) is 5.67 Å². The quantitative estimate of drug-likeness (QED) is 0.101. The van der Waals surface area contributed by atoms with Crippen LogP contribution in [0.25, 0.3) is 0 Å². The normalized spacial score (nSPS) is 13.2. The standard InChI is InChI=1S/C22H50N2O3Si/c1-3-5-6-7-8-9-10-11-12-13-14-15-16-17-18-19-20-23-21-24-22(4-2)28(25,26)27/h22-27H,3-21H2,1-2H3. The predicted octanol–water partition coefficient (Wildman–Crippen LogP) is 4.62. The molecule has 28 heavy (non-hydrogen) atoms. The van der Waals surface area contributed by atoms with Crippen LogP contribution in [0.4, 0.5) is 0 Å². The first kappa shape index (κ1) is 28.0. The molecule has 5 N–H and O–H groups in total. The van der Waals surface area contributed by atoms with E-state index >= 15 is 0 Å². The Kier molecular flexibility index (Phi) is 20.3. The van der Waals surface area contributed by atoms with Crippen molar-refractivity contribution >= 4 is 8.80 Å². The van der Waals surface area contributed by atoms with Crippen LogP contribution >= 0.6 is 0 Å². The Balaban J connectivity index is 3.16. The SMILES string of the molecule is CCCCCCCCCCCCCCCCCCNCNC(CC)[Si](O)(O)O. The van der Waals surface area contributed by atoms with Crippen molar-refractivity contribution in [3.05, 3.63) is 0 Å². The van der Waals surface area contributed by atoms with E-state index in [2.05, 4.69) is 17.6 Å². The summed E-state index contributed by atoms with van der Waals surface area (Å²) in [5.41, 5.74) is -0.592. The fourth-order valence-electron chi connectivity index (χ4n) is 3.64. The second kappa shape index (κ2) is 20.3. The molecule has 0 aromatic rings. The second-order valence-corrected chi connectivity index (χ2v) is 10.4. The average Bonchev–Trinajstić information content (AvgIpc) is 2.65. The Labute approximate surface area is 176 Å². The van der Waals surface area contributed by atoms with Gasteiger partial charge in [-0.05, 0) is 19.4 Å². The fourth-order valence-corrected chi connectivity index (χ4v) is 4.56. The highest BCUT2D eigenvalue weighted by molar-refractivity contribution is 6.58. The Morgan fingerprint density at radius 1 is 0.607 bits per heavy atom. The van der Waals surface area contributed by atoms with E-state index in [9.17, 15) is 14.4 Å². The van der Waals surface area contributed by atoms with Crippen molar-refractivity contribution < 1.29 is 14.4 Å². The molecule has 1 atom stereocenters. The van der Waals surface area contributed by atoms with Crippen LogP contribution in [-0.4, -0.2) is 42.1 Å². The lowest BCUT2D eigenvalue weighted by atomic mass is 10.0. The van der Waals surface area contributed by atoms with Gasteiger partial charge in [0.15, 0.2) is 0 Å². The summed E-state index contributed by atoms with van der Waals surface area (Å²) in [4.78, 5) is 27.9. The summed E-state index contributed by atoms with van der Waals surface area (Å²) in [6.45, 7) is 5.55. The predicted molar refractivity (Wildman–Crippen MR) is 122 cm³/mol. The highest BCUT2D eigenvalue weighted by Crippen LogP contribution is 2.13. The van der Waals surface area contributed by atoms with E-state index in [1.807, 2.05) is 6.92 Å². The molecule has 0 aliphatic heterocycles. The summed E-state index contributed by atoms with van der Waals surface area (Å²) < 4.78 is 0. The van der Waals surface area contributed by atoms with Gasteiger partial charge in [-0.1, -0.05) is 110 Å². The maximum Gasteiger partial charge on any atom is 0.510 e. The van der Waals surface area contributed by atoms with Crippen LogP contribution in [0.5, 0.6) is 0 Å². The van der Waals surface area contributed by atoms with Gasteiger partial charge in [0, 0.05) is 6.67 Å². The summed E-state index contributed by atoms with van der Waals surface area (Å²) in [5, 5.41) is 6.21. The Morgan fingerprint density at radius 2 is 1.00 bits per heavy atom. The lowest BCUT2D eigenvalue weighted by Gasteiger charge is -2.22. The van der Waals surface area contributed by atoms with E-state index in [0.717, 1.165) is 13.0 Å². The Bertz CT molecular complexity index is 315. The molecule has 0 rings (SSSR count). The lowest BCUT2D eigenvalue weighted by molar-refractivity contribution is 0.199. The molecule has 6 heteroatoms. The molecule has 5 nitrogen and oxygen atoms in total. The topological polar surface area (TPSA) is 84.8 Å². The van der Waals surface area contributed by atoms with Gasteiger partial charge in [0.1, 0.15) is 0 Å². The van der Waals surface area contributed by atoms with E-state index in [1.165, 1.54) is 96.3 Å². The number of unbranched alkanes of at least 4 members (excludes halogenated alkanes) is 15. The van der Waals surface area contributed by atoms with Crippen LogP contribution in [0.3, 0.4) is 0 Å². The summed E-state index contributed by atoms with van der Waals surface area (Å²) >= 11 is 0. The molecule has 0 heterocycles. The maximum absolute atomic E-state index is 9.29. The summed E-state index contributed by atoms with van der Waals surface area (Å²) in [6, 6.07) is 0.